The predicted octanol–water partition coefficient (Wildman–Crippen LogP) is 2.29. The Morgan fingerprint density at radius 2 is 1.86 bits per heavy atom. The average molecular weight is 404 g/mol. The highest BCUT2D eigenvalue weighted by Crippen LogP contribution is 2.26. The van der Waals surface area contributed by atoms with Crippen LogP contribution in [0.2, 0.25) is 0 Å². The first kappa shape index (κ1) is 23.0. The minimum absolute atomic E-state index is 0.245. The molecule has 0 aliphatic carbocycles. The molecule has 1 saturated heterocycles. The Kier molecular flexibility index (Phi) is 8.76. The molecule has 1 heterocycles. The summed E-state index contributed by atoms with van der Waals surface area (Å²) in [4.78, 5) is 18.7. The van der Waals surface area contributed by atoms with Crippen LogP contribution in [0, 0.1) is 5.41 Å². The number of carbonyl (C=O) groups excluding carboxylic acids is 1. The first-order valence-corrected chi connectivity index (χ1v) is 10.6. The second-order valence-electron chi connectivity index (χ2n) is 8.21. The van der Waals surface area contributed by atoms with Gasteiger partial charge in [0.1, 0.15) is 5.75 Å². The molecule has 1 atom stereocenters. The summed E-state index contributed by atoms with van der Waals surface area (Å²) >= 11 is 0. The van der Waals surface area contributed by atoms with Gasteiger partial charge in [0.15, 0.2) is 5.96 Å². The number of guanidine groups is 1. The Morgan fingerprint density at radius 3 is 2.41 bits per heavy atom. The molecule has 1 aliphatic heterocycles. The van der Waals surface area contributed by atoms with Gasteiger partial charge >= 0.3 is 0 Å². The van der Waals surface area contributed by atoms with Gasteiger partial charge in [0.2, 0.25) is 5.91 Å². The topological polar surface area (TPSA) is 92.0 Å². The fourth-order valence-electron chi connectivity index (χ4n) is 3.40. The summed E-state index contributed by atoms with van der Waals surface area (Å²) in [5.74, 6) is 1.22. The van der Waals surface area contributed by atoms with Gasteiger partial charge in [-0.15, -0.1) is 0 Å². The van der Waals surface area contributed by atoms with Gasteiger partial charge in [-0.3, -0.25) is 14.7 Å². The van der Waals surface area contributed by atoms with E-state index < -0.39 is 5.41 Å². The molecule has 7 heteroatoms. The van der Waals surface area contributed by atoms with Crippen LogP contribution in [-0.4, -0.2) is 56.6 Å². The maximum absolute atomic E-state index is 11.6. The fourth-order valence-corrected chi connectivity index (χ4v) is 3.40. The molecule has 2 rings (SSSR count). The number of nitrogens with one attached hydrogen (secondary N) is 2. The molecule has 1 unspecified atom stereocenters. The SMILES string of the molecule is CCNC(=NCC(C)(C)C(N)=O)NCC(c1ccc(OC)cc1)N1CCCCC1. The van der Waals surface area contributed by atoms with Crippen LogP contribution in [0.1, 0.15) is 51.6 Å². The normalized spacial score (nSPS) is 16.9. The fraction of sp³-hybridized carbons (Fsp3) is 0.636. The maximum Gasteiger partial charge on any atom is 0.224 e. The van der Waals surface area contributed by atoms with Gasteiger partial charge in [-0.25, -0.2) is 0 Å². The number of benzene rings is 1. The van der Waals surface area contributed by atoms with Gasteiger partial charge in [0, 0.05) is 13.1 Å². The molecule has 0 radical (unpaired) electrons. The lowest BCUT2D eigenvalue weighted by Crippen LogP contribution is -2.45. The minimum Gasteiger partial charge on any atom is -0.497 e. The highest BCUT2D eigenvalue weighted by atomic mass is 16.5. The van der Waals surface area contributed by atoms with E-state index in [2.05, 4.69) is 32.7 Å². The Labute approximate surface area is 175 Å². The lowest BCUT2D eigenvalue weighted by molar-refractivity contribution is -0.125. The number of nitrogens with zero attached hydrogens (tertiary/aromatic N) is 2. The molecular formula is C22H37N5O2. The van der Waals surface area contributed by atoms with Gasteiger partial charge in [-0.1, -0.05) is 18.6 Å². The van der Waals surface area contributed by atoms with E-state index in [1.165, 1.54) is 24.8 Å². The predicted molar refractivity (Wildman–Crippen MR) is 118 cm³/mol. The van der Waals surface area contributed by atoms with E-state index in [0.717, 1.165) is 31.9 Å². The van der Waals surface area contributed by atoms with Crippen molar-refractivity contribution in [1.82, 2.24) is 15.5 Å². The monoisotopic (exact) mass is 403 g/mol. The summed E-state index contributed by atoms with van der Waals surface area (Å²) in [6.07, 6.45) is 3.76. The van der Waals surface area contributed by atoms with Crippen LogP contribution in [0.5, 0.6) is 5.75 Å². The molecule has 29 heavy (non-hydrogen) atoms. The molecule has 162 valence electrons. The maximum atomic E-state index is 11.6. The van der Waals surface area contributed by atoms with E-state index in [-0.39, 0.29) is 11.9 Å². The Morgan fingerprint density at radius 1 is 1.21 bits per heavy atom. The summed E-state index contributed by atoms with van der Waals surface area (Å²) in [7, 11) is 1.69. The number of piperidine rings is 1. The van der Waals surface area contributed by atoms with Gasteiger partial charge < -0.3 is 21.1 Å². The number of ether oxygens (including phenoxy) is 1. The number of methoxy groups -OCH3 is 1. The van der Waals surface area contributed by atoms with Crippen LogP contribution in [0.3, 0.4) is 0 Å². The largest absolute Gasteiger partial charge is 0.497 e. The lowest BCUT2D eigenvalue weighted by Gasteiger charge is -2.35. The molecule has 1 aliphatic rings. The van der Waals surface area contributed by atoms with Crippen molar-refractivity contribution in [2.75, 3.05) is 39.8 Å². The lowest BCUT2D eigenvalue weighted by atomic mass is 9.93. The van der Waals surface area contributed by atoms with Crippen molar-refractivity contribution < 1.29 is 9.53 Å². The summed E-state index contributed by atoms with van der Waals surface area (Å²) in [5, 5.41) is 6.74. The van der Waals surface area contributed by atoms with E-state index >= 15 is 0 Å². The Balaban J connectivity index is 2.13. The number of primary amides is 1. The molecule has 7 nitrogen and oxygen atoms in total. The summed E-state index contributed by atoms with van der Waals surface area (Å²) in [6.45, 7) is 9.68. The smallest absolute Gasteiger partial charge is 0.224 e. The molecule has 0 bridgehead atoms. The molecular weight excluding hydrogens is 366 g/mol. The quantitative estimate of drug-likeness (QED) is 0.435. The molecule has 0 aromatic heterocycles. The first-order chi connectivity index (χ1) is 13.9. The molecule has 1 aromatic rings. The standard InChI is InChI=1S/C22H37N5O2/c1-5-24-21(26-16-22(2,3)20(23)28)25-15-19(27-13-7-6-8-14-27)17-9-11-18(29-4)12-10-17/h9-12,19H,5-8,13-16H2,1-4H3,(H2,23,28)(H2,24,25,26). The van der Waals surface area contributed by atoms with Crippen molar-refractivity contribution in [2.24, 2.45) is 16.1 Å². The second-order valence-corrected chi connectivity index (χ2v) is 8.21. The summed E-state index contributed by atoms with van der Waals surface area (Å²) in [5.41, 5.74) is 6.07. The molecule has 0 spiro atoms. The summed E-state index contributed by atoms with van der Waals surface area (Å²) < 4.78 is 5.31. The highest BCUT2D eigenvalue weighted by molar-refractivity contribution is 5.82. The molecule has 1 amide bonds. The Hall–Kier alpha value is -2.28. The van der Waals surface area contributed by atoms with Crippen LogP contribution in [0.4, 0.5) is 0 Å². The molecule has 4 N–H and O–H groups in total. The van der Waals surface area contributed by atoms with Crippen LogP contribution in [0.15, 0.2) is 29.3 Å². The van der Waals surface area contributed by atoms with Crippen LogP contribution in [0.25, 0.3) is 0 Å². The van der Waals surface area contributed by atoms with Gasteiger partial charge in [0.05, 0.1) is 25.1 Å². The number of amides is 1. The van der Waals surface area contributed by atoms with Crippen molar-refractivity contribution >= 4 is 11.9 Å². The first-order valence-electron chi connectivity index (χ1n) is 10.6. The third kappa shape index (κ3) is 6.92. The number of carbonyl (C=O) groups is 1. The minimum atomic E-state index is -0.676. The zero-order valence-electron chi connectivity index (χ0n) is 18.3. The second kappa shape index (κ2) is 11.0. The van der Waals surface area contributed by atoms with E-state index in [9.17, 15) is 4.79 Å². The van der Waals surface area contributed by atoms with Crippen molar-refractivity contribution in [2.45, 2.75) is 46.1 Å². The van der Waals surface area contributed by atoms with E-state index in [1.54, 1.807) is 7.11 Å². The number of nitrogens with two attached hydrogens (primary N) is 1. The van der Waals surface area contributed by atoms with Crippen molar-refractivity contribution in [3.8, 4) is 5.75 Å². The number of hydrogen-bond acceptors (Lipinski definition) is 4. The van der Waals surface area contributed by atoms with Gasteiger partial charge in [-0.05, 0) is 64.4 Å². The van der Waals surface area contributed by atoms with Crippen molar-refractivity contribution in [3.05, 3.63) is 29.8 Å². The van der Waals surface area contributed by atoms with E-state index in [4.69, 9.17) is 10.5 Å². The Bertz CT molecular complexity index is 666. The van der Waals surface area contributed by atoms with Crippen molar-refractivity contribution in [1.29, 1.82) is 0 Å². The number of hydrogen-bond donors (Lipinski definition) is 3. The third-order valence-corrected chi connectivity index (χ3v) is 5.44. The third-order valence-electron chi connectivity index (χ3n) is 5.44. The average Bonchev–Trinajstić information content (AvgIpc) is 2.73. The van der Waals surface area contributed by atoms with E-state index in [1.807, 2.05) is 32.9 Å². The number of rotatable bonds is 9. The zero-order valence-corrected chi connectivity index (χ0v) is 18.3. The van der Waals surface area contributed by atoms with Gasteiger partial charge in [-0.2, -0.15) is 0 Å². The highest BCUT2D eigenvalue weighted by Gasteiger charge is 2.25. The molecule has 0 saturated carbocycles. The summed E-state index contributed by atoms with van der Waals surface area (Å²) in [6, 6.07) is 8.55. The van der Waals surface area contributed by atoms with Crippen molar-refractivity contribution in [3.63, 3.8) is 0 Å². The number of likely N-dealkylation sites (tertiary alicyclic amines) is 1. The van der Waals surface area contributed by atoms with E-state index in [0.29, 0.717) is 12.5 Å². The molecule has 1 aromatic carbocycles. The number of aliphatic imine (C=N–C) groups is 1. The van der Waals surface area contributed by atoms with Crippen LogP contribution >= 0.6 is 0 Å². The van der Waals surface area contributed by atoms with Crippen LogP contribution in [-0.2, 0) is 4.79 Å². The van der Waals surface area contributed by atoms with Crippen LogP contribution < -0.4 is 21.1 Å². The molecule has 1 fully saturated rings. The van der Waals surface area contributed by atoms with Gasteiger partial charge in [0.25, 0.3) is 0 Å². The zero-order chi connectivity index (χ0) is 21.3.